The molecular formula is C12H13Cl2NO4. The Bertz CT molecular complexity index is 503. The highest BCUT2D eigenvalue weighted by atomic mass is 35.5. The van der Waals surface area contributed by atoms with Gasteiger partial charge >= 0.3 is 5.97 Å². The molecule has 0 aliphatic rings. The summed E-state index contributed by atoms with van der Waals surface area (Å²) in [6.07, 6.45) is -0.0221. The van der Waals surface area contributed by atoms with Gasteiger partial charge in [-0.2, -0.15) is 0 Å². The second kappa shape index (κ2) is 6.23. The molecule has 0 aliphatic heterocycles. The van der Waals surface area contributed by atoms with Crippen molar-refractivity contribution in [2.75, 3.05) is 6.54 Å². The van der Waals surface area contributed by atoms with Gasteiger partial charge in [-0.05, 0) is 24.6 Å². The van der Waals surface area contributed by atoms with Gasteiger partial charge in [-0.3, -0.25) is 4.79 Å². The Balaban J connectivity index is 2.59. The molecule has 0 saturated carbocycles. The van der Waals surface area contributed by atoms with Crippen LogP contribution in [-0.2, 0) is 16.0 Å². The third-order valence-corrected chi connectivity index (χ3v) is 3.04. The topological polar surface area (TPSA) is 86.6 Å². The number of carbonyl (C=O) groups is 2. The van der Waals surface area contributed by atoms with E-state index in [0.717, 1.165) is 6.92 Å². The van der Waals surface area contributed by atoms with Gasteiger partial charge in [0.1, 0.15) is 0 Å². The van der Waals surface area contributed by atoms with E-state index < -0.39 is 17.5 Å². The van der Waals surface area contributed by atoms with Crippen LogP contribution in [0.4, 0.5) is 0 Å². The monoisotopic (exact) mass is 305 g/mol. The Hall–Kier alpha value is -1.30. The largest absolute Gasteiger partial charge is 0.479 e. The molecule has 0 aromatic heterocycles. The number of hydrogen-bond acceptors (Lipinski definition) is 3. The quantitative estimate of drug-likeness (QED) is 0.769. The lowest BCUT2D eigenvalue weighted by atomic mass is 10.1. The van der Waals surface area contributed by atoms with Crippen molar-refractivity contribution in [1.29, 1.82) is 0 Å². The summed E-state index contributed by atoms with van der Waals surface area (Å²) in [6.45, 7) is 0.720. The maximum atomic E-state index is 11.6. The number of benzene rings is 1. The fraction of sp³-hybridized carbons (Fsp3) is 0.333. The molecule has 19 heavy (non-hydrogen) atoms. The summed E-state index contributed by atoms with van der Waals surface area (Å²) in [6, 6.07) is 4.72. The minimum Gasteiger partial charge on any atom is -0.479 e. The second-order valence-electron chi connectivity index (χ2n) is 4.27. The molecule has 0 spiro atoms. The Morgan fingerprint density at radius 2 is 2.00 bits per heavy atom. The van der Waals surface area contributed by atoms with Crippen LogP contribution in [0.5, 0.6) is 0 Å². The zero-order valence-electron chi connectivity index (χ0n) is 10.1. The molecule has 1 aromatic rings. The van der Waals surface area contributed by atoms with Gasteiger partial charge in [-0.25, -0.2) is 4.79 Å². The van der Waals surface area contributed by atoms with Crippen LogP contribution in [0.2, 0.25) is 10.0 Å². The lowest BCUT2D eigenvalue weighted by Gasteiger charge is -2.18. The summed E-state index contributed by atoms with van der Waals surface area (Å²) >= 11 is 11.6. The molecule has 1 aromatic carbocycles. The third kappa shape index (κ3) is 4.70. The van der Waals surface area contributed by atoms with Gasteiger partial charge in [0, 0.05) is 10.0 Å². The molecule has 1 unspecified atom stereocenters. The predicted molar refractivity (Wildman–Crippen MR) is 71.4 cm³/mol. The lowest BCUT2D eigenvalue weighted by molar-refractivity contribution is -0.156. The van der Waals surface area contributed by atoms with Crippen molar-refractivity contribution >= 4 is 35.1 Å². The molecule has 1 atom stereocenters. The van der Waals surface area contributed by atoms with Crippen LogP contribution in [0.25, 0.3) is 0 Å². The lowest BCUT2D eigenvalue weighted by Crippen LogP contribution is -2.46. The van der Waals surface area contributed by atoms with Gasteiger partial charge < -0.3 is 15.5 Å². The predicted octanol–water partition coefficient (Wildman–Crippen LogP) is 1.49. The zero-order chi connectivity index (χ0) is 14.6. The standard InChI is InChI=1S/C12H13Cl2NO4/c1-12(19,11(17)18)6-15-10(16)4-7-2-3-8(13)5-9(7)14/h2-3,5,19H,4,6H2,1H3,(H,15,16)(H,17,18). The summed E-state index contributed by atoms with van der Waals surface area (Å²) in [5.74, 6) is -1.84. The first-order valence-corrected chi connectivity index (χ1v) is 6.14. The first kappa shape index (κ1) is 15.8. The highest BCUT2D eigenvalue weighted by Gasteiger charge is 2.30. The molecule has 1 rings (SSSR count). The molecule has 0 fully saturated rings. The number of nitrogens with one attached hydrogen (secondary N) is 1. The van der Waals surface area contributed by atoms with Crippen LogP contribution in [0.3, 0.4) is 0 Å². The average Bonchev–Trinajstić information content (AvgIpc) is 2.30. The summed E-state index contributed by atoms with van der Waals surface area (Å²) in [5.41, 5.74) is -1.43. The van der Waals surface area contributed by atoms with Crippen molar-refractivity contribution in [1.82, 2.24) is 5.32 Å². The summed E-state index contributed by atoms with van der Waals surface area (Å²) in [4.78, 5) is 22.3. The number of rotatable bonds is 5. The van der Waals surface area contributed by atoms with Crippen LogP contribution in [-0.4, -0.2) is 34.2 Å². The minimum absolute atomic E-state index is 0.0221. The van der Waals surface area contributed by atoms with Crippen LogP contribution in [0.15, 0.2) is 18.2 Å². The van der Waals surface area contributed by atoms with Gasteiger partial charge in [-0.1, -0.05) is 29.3 Å². The van der Waals surface area contributed by atoms with E-state index >= 15 is 0 Å². The maximum Gasteiger partial charge on any atom is 0.337 e. The molecule has 7 heteroatoms. The molecule has 0 radical (unpaired) electrons. The normalized spacial score (nSPS) is 13.7. The molecule has 0 bridgehead atoms. The number of amides is 1. The van der Waals surface area contributed by atoms with Crippen LogP contribution in [0, 0.1) is 0 Å². The summed E-state index contributed by atoms with van der Waals surface area (Å²) in [7, 11) is 0. The molecular weight excluding hydrogens is 293 g/mol. The van der Waals surface area contributed by atoms with Crippen molar-refractivity contribution in [3.8, 4) is 0 Å². The van der Waals surface area contributed by atoms with E-state index in [9.17, 15) is 14.7 Å². The van der Waals surface area contributed by atoms with Crippen LogP contribution < -0.4 is 5.32 Å². The fourth-order valence-electron chi connectivity index (χ4n) is 1.25. The fourth-order valence-corrected chi connectivity index (χ4v) is 1.72. The van der Waals surface area contributed by atoms with E-state index in [4.69, 9.17) is 28.3 Å². The van der Waals surface area contributed by atoms with E-state index in [2.05, 4.69) is 5.32 Å². The van der Waals surface area contributed by atoms with E-state index in [1.54, 1.807) is 12.1 Å². The molecule has 3 N–H and O–H groups in total. The van der Waals surface area contributed by atoms with Crippen molar-refractivity contribution in [3.05, 3.63) is 33.8 Å². The minimum atomic E-state index is -2.00. The van der Waals surface area contributed by atoms with E-state index in [-0.39, 0.29) is 13.0 Å². The van der Waals surface area contributed by atoms with Crippen molar-refractivity contribution in [2.24, 2.45) is 0 Å². The Morgan fingerprint density at radius 1 is 1.37 bits per heavy atom. The third-order valence-electron chi connectivity index (χ3n) is 2.46. The zero-order valence-corrected chi connectivity index (χ0v) is 11.6. The van der Waals surface area contributed by atoms with Crippen LogP contribution in [0.1, 0.15) is 12.5 Å². The number of carboxylic acid groups (broad SMARTS) is 1. The molecule has 0 saturated heterocycles. The van der Waals surface area contributed by atoms with Gasteiger partial charge in [0.15, 0.2) is 5.60 Å². The maximum absolute atomic E-state index is 11.6. The Kier molecular flexibility index (Phi) is 5.17. The molecule has 5 nitrogen and oxygen atoms in total. The van der Waals surface area contributed by atoms with E-state index in [0.29, 0.717) is 15.6 Å². The number of aliphatic hydroxyl groups is 1. The Labute approximate surface area is 120 Å². The molecule has 0 heterocycles. The Morgan fingerprint density at radius 3 is 2.53 bits per heavy atom. The number of carboxylic acids is 1. The smallest absolute Gasteiger partial charge is 0.337 e. The van der Waals surface area contributed by atoms with Crippen molar-refractivity contribution < 1.29 is 19.8 Å². The van der Waals surface area contributed by atoms with Gasteiger partial charge in [0.25, 0.3) is 0 Å². The molecule has 1 amide bonds. The highest BCUT2D eigenvalue weighted by molar-refractivity contribution is 6.35. The van der Waals surface area contributed by atoms with Crippen LogP contribution >= 0.6 is 23.2 Å². The van der Waals surface area contributed by atoms with Crippen molar-refractivity contribution in [3.63, 3.8) is 0 Å². The molecule has 104 valence electrons. The number of halogens is 2. The second-order valence-corrected chi connectivity index (χ2v) is 5.11. The van der Waals surface area contributed by atoms with Gasteiger partial charge in [0.05, 0.1) is 13.0 Å². The van der Waals surface area contributed by atoms with E-state index in [1.165, 1.54) is 6.07 Å². The molecule has 0 aliphatic carbocycles. The first-order chi connectivity index (χ1) is 8.72. The van der Waals surface area contributed by atoms with E-state index in [1.807, 2.05) is 0 Å². The first-order valence-electron chi connectivity index (χ1n) is 5.39. The van der Waals surface area contributed by atoms with Gasteiger partial charge in [-0.15, -0.1) is 0 Å². The summed E-state index contributed by atoms with van der Waals surface area (Å²) in [5, 5.41) is 21.3. The van der Waals surface area contributed by atoms with Crippen molar-refractivity contribution in [2.45, 2.75) is 18.9 Å². The highest BCUT2D eigenvalue weighted by Crippen LogP contribution is 2.21. The summed E-state index contributed by atoms with van der Waals surface area (Å²) < 4.78 is 0. The van der Waals surface area contributed by atoms with Gasteiger partial charge in [0.2, 0.25) is 5.91 Å². The average molecular weight is 306 g/mol. The number of aliphatic carboxylic acids is 1. The number of hydrogen-bond donors (Lipinski definition) is 3. The number of carbonyl (C=O) groups excluding carboxylic acids is 1. The SMILES string of the molecule is CC(O)(CNC(=O)Cc1ccc(Cl)cc1Cl)C(=O)O.